The van der Waals surface area contributed by atoms with E-state index in [1.807, 2.05) is 31.2 Å². The average Bonchev–Trinajstić information content (AvgIpc) is 2.88. The second-order valence-corrected chi connectivity index (χ2v) is 6.56. The van der Waals surface area contributed by atoms with Crippen LogP contribution in [0.5, 0.6) is 0 Å². The lowest BCUT2D eigenvalue weighted by atomic mass is 10.1. The number of aliphatic imine (C=N–C) groups is 1. The van der Waals surface area contributed by atoms with E-state index in [0.29, 0.717) is 11.4 Å². The molecule has 1 unspecified atom stereocenters. The van der Waals surface area contributed by atoms with Crippen LogP contribution in [0.2, 0.25) is 0 Å². The van der Waals surface area contributed by atoms with E-state index in [4.69, 9.17) is 4.84 Å². The minimum atomic E-state index is -0.994. The van der Waals surface area contributed by atoms with Gasteiger partial charge in [-0.3, -0.25) is 4.79 Å². The molecule has 1 aliphatic rings. The Bertz CT molecular complexity index is 852. The number of amides is 1. The number of carbonyl (C=O) groups is 1. The summed E-state index contributed by atoms with van der Waals surface area (Å²) in [7, 11) is 1.77. The SMILES string of the molecule is Cc1ccccc1C1=NC(C)(CC(=O)NCc2ccccc2F)ON1C. The largest absolute Gasteiger partial charge is 0.352 e. The van der Waals surface area contributed by atoms with Crippen molar-refractivity contribution in [2.24, 2.45) is 4.99 Å². The van der Waals surface area contributed by atoms with Crippen LogP contribution in [-0.2, 0) is 16.2 Å². The summed E-state index contributed by atoms with van der Waals surface area (Å²) in [5.74, 6) is 0.0992. The molecule has 1 aliphatic heterocycles. The number of hydroxylamine groups is 2. The molecule has 2 aromatic carbocycles. The standard InChI is InChI=1S/C20H22FN3O2/c1-14-8-4-6-10-16(14)19-23-20(2,26-24(19)3)12-18(25)22-13-15-9-5-7-11-17(15)21/h4-11H,12-13H2,1-3H3,(H,22,25). The predicted octanol–water partition coefficient (Wildman–Crippen LogP) is 3.18. The number of nitrogens with one attached hydrogen (secondary N) is 1. The quantitative estimate of drug-likeness (QED) is 0.896. The van der Waals surface area contributed by atoms with Gasteiger partial charge in [-0.2, -0.15) is 0 Å². The summed E-state index contributed by atoms with van der Waals surface area (Å²) in [6.07, 6.45) is 0.0428. The normalized spacial score (nSPS) is 19.4. The molecular formula is C20H22FN3O2. The van der Waals surface area contributed by atoms with Crippen molar-refractivity contribution in [1.82, 2.24) is 10.4 Å². The van der Waals surface area contributed by atoms with Crippen LogP contribution in [0.15, 0.2) is 53.5 Å². The molecule has 0 saturated heterocycles. The summed E-state index contributed by atoms with van der Waals surface area (Å²) in [4.78, 5) is 22.7. The van der Waals surface area contributed by atoms with Crippen LogP contribution in [0.4, 0.5) is 4.39 Å². The Kier molecular flexibility index (Phi) is 5.04. The van der Waals surface area contributed by atoms with E-state index in [1.54, 1.807) is 37.2 Å². The molecule has 1 amide bonds. The summed E-state index contributed by atoms with van der Waals surface area (Å²) >= 11 is 0. The molecule has 2 aromatic rings. The molecule has 3 rings (SSSR count). The number of hydrogen-bond donors (Lipinski definition) is 1. The molecule has 1 heterocycles. The highest BCUT2D eigenvalue weighted by Crippen LogP contribution is 2.28. The third-order valence-electron chi connectivity index (χ3n) is 4.28. The molecule has 0 fully saturated rings. The molecule has 136 valence electrons. The van der Waals surface area contributed by atoms with Gasteiger partial charge in [0, 0.05) is 24.7 Å². The number of hydrogen-bond acceptors (Lipinski definition) is 4. The zero-order chi connectivity index (χ0) is 18.7. The number of rotatable bonds is 5. The Hall–Kier alpha value is -2.73. The maximum Gasteiger partial charge on any atom is 0.225 e. The van der Waals surface area contributed by atoms with Gasteiger partial charge < -0.3 is 5.32 Å². The van der Waals surface area contributed by atoms with Crippen LogP contribution in [0, 0.1) is 12.7 Å². The van der Waals surface area contributed by atoms with Crippen LogP contribution in [0.1, 0.15) is 30.0 Å². The van der Waals surface area contributed by atoms with Gasteiger partial charge in [0.2, 0.25) is 5.91 Å². The second-order valence-electron chi connectivity index (χ2n) is 6.56. The number of nitrogens with zero attached hydrogens (tertiary/aromatic N) is 2. The van der Waals surface area contributed by atoms with Crippen LogP contribution < -0.4 is 5.32 Å². The van der Waals surface area contributed by atoms with Crippen molar-refractivity contribution in [1.29, 1.82) is 0 Å². The van der Waals surface area contributed by atoms with Crippen molar-refractivity contribution in [3.8, 4) is 0 Å². The van der Waals surface area contributed by atoms with Crippen LogP contribution >= 0.6 is 0 Å². The molecule has 1 N–H and O–H groups in total. The van der Waals surface area contributed by atoms with E-state index in [2.05, 4.69) is 10.3 Å². The first kappa shape index (κ1) is 18.1. The molecule has 1 atom stereocenters. The van der Waals surface area contributed by atoms with E-state index < -0.39 is 5.72 Å². The fraction of sp³-hybridized carbons (Fsp3) is 0.300. The first-order chi connectivity index (χ1) is 12.4. The summed E-state index contributed by atoms with van der Waals surface area (Å²) < 4.78 is 13.6. The summed E-state index contributed by atoms with van der Waals surface area (Å²) in [5.41, 5.74) is 1.49. The molecule has 0 bridgehead atoms. The molecule has 0 saturated carbocycles. The maximum absolute atomic E-state index is 13.6. The van der Waals surface area contributed by atoms with Gasteiger partial charge in [0.15, 0.2) is 11.6 Å². The zero-order valence-electron chi connectivity index (χ0n) is 15.1. The maximum atomic E-state index is 13.6. The molecule has 0 radical (unpaired) electrons. The Morgan fingerprint density at radius 3 is 2.65 bits per heavy atom. The molecule has 26 heavy (non-hydrogen) atoms. The van der Waals surface area contributed by atoms with Gasteiger partial charge in [-0.15, -0.1) is 0 Å². The first-order valence-corrected chi connectivity index (χ1v) is 8.47. The lowest BCUT2D eigenvalue weighted by Crippen LogP contribution is -2.35. The third kappa shape index (κ3) is 3.91. The highest BCUT2D eigenvalue weighted by atomic mass is 19.1. The fourth-order valence-electron chi connectivity index (χ4n) is 2.97. The van der Waals surface area contributed by atoms with E-state index in [0.717, 1.165) is 11.1 Å². The fourth-order valence-corrected chi connectivity index (χ4v) is 2.97. The van der Waals surface area contributed by atoms with Gasteiger partial charge in [-0.25, -0.2) is 19.3 Å². The van der Waals surface area contributed by atoms with Crippen molar-refractivity contribution < 1.29 is 14.0 Å². The van der Waals surface area contributed by atoms with Crippen LogP contribution in [0.25, 0.3) is 0 Å². The molecule has 0 aliphatic carbocycles. The molecule has 6 heteroatoms. The van der Waals surface area contributed by atoms with Crippen molar-refractivity contribution in [2.45, 2.75) is 32.5 Å². The molecule has 5 nitrogen and oxygen atoms in total. The van der Waals surface area contributed by atoms with Crippen molar-refractivity contribution in [3.05, 3.63) is 71.0 Å². The Labute approximate surface area is 152 Å². The topological polar surface area (TPSA) is 53.9 Å². The summed E-state index contributed by atoms with van der Waals surface area (Å²) in [5, 5.41) is 4.32. The Morgan fingerprint density at radius 1 is 1.23 bits per heavy atom. The van der Waals surface area contributed by atoms with Gasteiger partial charge in [0.1, 0.15) is 5.82 Å². The minimum absolute atomic E-state index is 0.0428. The van der Waals surface area contributed by atoms with Crippen molar-refractivity contribution in [2.75, 3.05) is 7.05 Å². The zero-order valence-corrected chi connectivity index (χ0v) is 15.1. The average molecular weight is 355 g/mol. The van der Waals surface area contributed by atoms with Gasteiger partial charge >= 0.3 is 0 Å². The molecular weight excluding hydrogens is 333 g/mol. The van der Waals surface area contributed by atoms with E-state index in [-0.39, 0.29) is 24.7 Å². The highest BCUT2D eigenvalue weighted by Gasteiger charge is 2.38. The van der Waals surface area contributed by atoms with Crippen molar-refractivity contribution >= 4 is 11.7 Å². The van der Waals surface area contributed by atoms with Gasteiger partial charge in [0.25, 0.3) is 0 Å². The number of carbonyl (C=O) groups excluding carboxylic acids is 1. The second kappa shape index (κ2) is 7.25. The van der Waals surface area contributed by atoms with Gasteiger partial charge in [0.05, 0.1) is 6.42 Å². The molecule has 0 spiro atoms. The predicted molar refractivity (Wildman–Crippen MR) is 97.8 cm³/mol. The smallest absolute Gasteiger partial charge is 0.225 e. The Balaban J connectivity index is 1.68. The van der Waals surface area contributed by atoms with Crippen LogP contribution in [0.3, 0.4) is 0 Å². The van der Waals surface area contributed by atoms with E-state index in [9.17, 15) is 9.18 Å². The van der Waals surface area contributed by atoms with Crippen LogP contribution in [-0.4, -0.2) is 29.6 Å². The minimum Gasteiger partial charge on any atom is -0.352 e. The lowest BCUT2D eigenvalue weighted by molar-refractivity contribution is -0.166. The van der Waals surface area contributed by atoms with E-state index in [1.165, 1.54) is 6.07 Å². The van der Waals surface area contributed by atoms with Crippen molar-refractivity contribution in [3.63, 3.8) is 0 Å². The third-order valence-corrected chi connectivity index (χ3v) is 4.28. The first-order valence-electron chi connectivity index (χ1n) is 8.47. The number of aryl methyl sites for hydroxylation is 1. The highest BCUT2D eigenvalue weighted by molar-refractivity contribution is 6.00. The monoisotopic (exact) mass is 355 g/mol. The lowest BCUT2D eigenvalue weighted by Gasteiger charge is -2.21. The summed E-state index contributed by atoms with van der Waals surface area (Å²) in [6, 6.07) is 14.2. The number of halogens is 1. The number of amidine groups is 1. The van der Waals surface area contributed by atoms with Gasteiger partial charge in [-0.1, -0.05) is 42.5 Å². The van der Waals surface area contributed by atoms with E-state index >= 15 is 0 Å². The Morgan fingerprint density at radius 2 is 1.92 bits per heavy atom. The van der Waals surface area contributed by atoms with Gasteiger partial charge in [-0.05, 0) is 25.5 Å². The summed E-state index contributed by atoms with van der Waals surface area (Å²) in [6.45, 7) is 3.89. The number of benzene rings is 2. The molecule has 0 aromatic heterocycles.